The molecule has 0 aliphatic carbocycles. The maximum atomic E-state index is 12.8. The third-order valence-corrected chi connectivity index (χ3v) is 5.77. The summed E-state index contributed by atoms with van der Waals surface area (Å²) in [7, 11) is 0. The van der Waals surface area contributed by atoms with E-state index in [-0.39, 0.29) is 35.9 Å². The molecule has 0 bridgehead atoms. The van der Waals surface area contributed by atoms with Gasteiger partial charge in [-0.3, -0.25) is 4.79 Å². The van der Waals surface area contributed by atoms with Crippen molar-refractivity contribution >= 4 is 29.5 Å². The van der Waals surface area contributed by atoms with Gasteiger partial charge < -0.3 is 9.47 Å². The van der Waals surface area contributed by atoms with Crippen molar-refractivity contribution in [3.8, 4) is 17.2 Å². The van der Waals surface area contributed by atoms with Crippen LogP contribution in [0.1, 0.15) is 66.6 Å². The Morgan fingerprint density at radius 2 is 1.61 bits per heavy atom. The summed E-state index contributed by atoms with van der Waals surface area (Å²) in [4.78, 5) is 41.7. The molecule has 0 saturated heterocycles. The van der Waals surface area contributed by atoms with E-state index >= 15 is 0 Å². The molecule has 0 aliphatic heterocycles. The maximum Gasteiger partial charge on any atom is 0.340 e. The minimum Gasteiger partial charge on any atom is -0.462 e. The van der Waals surface area contributed by atoms with E-state index in [1.807, 2.05) is 20.8 Å². The summed E-state index contributed by atoms with van der Waals surface area (Å²) in [5, 5.41) is 10.4. The fraction of sp³-hybridized carbons (Fsp3) is 0.400. The van der Waals surface area contributed by atoms with Gasteiger partial charge in [0.2, 0.25) is 0 Å². The highest BCUT2D eigenvalue weighted by atomic mass is 32.2. The van der Waals surface area contributed by atoms with Crippen LogP contribution < -0.4 is 0 Å². The number of carbonyl (C=O) groups is 3. The number of ether oxygens (including phenoxy) is 2. The molecular weight excluding hydrogens is 440 g/mol. The van der Waals surface area contributed by atoms with Gasteiger partial charge in [0, 0.05) is 11.0 Å². The van der Waals surface area contributed by atoms with E-state index in [0.29, 0.717) is 27.4 Å². The van der Waals surface area contributed by atoms with Crippen molar-refractivity contribution in [1.82, 2.24) is 4.98 Å². The van der Waals surface area contributed by atoms with E-state index in [9.17, 15) is 19.6 Å². The Kier molecular flexibility index (Phi) is 8.77. The van der Waals surface area contributed by atoms with Crippen LogP contribution in [0, 0.1) is 23.7 Å². The number of aromatic nitrogens is 1. The summed E-state index contributed by atoms with van der Waals surface area (Å²) in [5.41, 5.74) is 1.51. The normalized spacial score (nSPS) is 10.9. The molecule has 1 aromatic heterocycles. The number of esters is 2. The van der Waals surface area contributed by atoms with Gasteiger partial charge in [-0.15, -0.1) is 0 Å². The van der Waals surface area contributed by atoms with Gasteiger partial charge in [-0.05, 0) is 38.5 Å². The summed E-state index contributed by atoms with van der Waals surface area (Å²) in [6.07, 6.45) is 0. The van der Waals surface area contributed by atoms with Crippen LogP contribution >= 0.6 is 11.8 Å². The third kappa shape index (κ3) is 6.20. The second kappa shape index (κ2) is 11.1. The Bertz CT molecular complexity index is 1100. The minimum absolute atomic E-state index is 0.0191. The summed E-state index contributed by atoms with van der Waals surface area (Å²) < 4.78 is 10.2. The number of ketones is 1. The number of aryl methyl sites for hydroxylation is 1. The molecular formula is C25H28N2O5S. The van der Waals surface area contributed by atoms with Crippen LogP contribution in [0.2, 0.25) is 0 Å². The van der Waals surface area contributed by atoms with Gasteiger partial charge in [0.1, 0.15) is 16.9 Å². The smallest absolute Gasteiger partial charge is 0.340 e. The first-order chi connectivity index (χ1) is 15.5. The summed E-state index contributed by atoms with van der Waals surface area (Å²) in [5.74, 6) is -0.889. The quantitative estimate of drug-likeness (QED) is 0.394. The van der Waals surface area contributed by atoms with Crippen LogP contribution in [0.3, 0.4) is 0 Å². The summed E-state index contributed by atoms with van der Waals surface area (Å²) >= 11 is 1.17. The molecule has 174 valence electrons. The van der Waals surface area contributed by atoms with E-state index in [0.717, 1.165) is 0 Å². The molecule has 0 fully saturated rings. The fourth-order valence-corrected chi connectivity index (χ4v) is 4.16. The molecule has 2 rings (SSSR count). The van der Waals surface area contributed by atoms with Crippen molar-refractivity contribution in [2.24, 2.45) is 5.41 Å². The SMILES string of the molecule is CCOC(=O)c1ccc(-c2c(C#N)c(SCC(=O)C(C)(C)C)nc(C)c2C(=O)OCC)cc1. The predicted molar refractivity (Wildman–Crippen MR) is 126 cm³/mol. The lowest BCUT2D eigenvalue weighted by molar-refractivity contribution is -0.123. The Morgan fingerprint density at radius 1 is 1.03 bits per heavy atom. The molecule has 8 heteroatoms. The second-order valence-corrected chi connectivity index (χ2v) is 9.18. The summed E-state index contributed by atoms with van der Waals surface area (Å²) in [6, 6.07) is 8.61. The molecule has 0 amide bonds. The van der Waals surface area contributed by atoms with Gasteiger partial charge in [0.05, 0.1) is 41.4 Å². The molecule has 0 unspecified atom stereocenters. The number of thioether (sulfide) groups is 1. The molecule has 0 atom stereocenters. The first-order valence-corrected chi connectivity index (χ1v) is 11.6. The van der Waals surface area contributed by atoms with Gasteiger partial charge in [0.25, 0.3) is 0 Å². The number of benzene rings is 1. The van der Waals surface area contributed by atoms with Crippen molar-refractivity contribution < 1.29 is 23.9 Å². The van der Waals surface area contributed by atoms with E-state index in [1.165, 1.54) is 11.8 Å². The molecule has 1 heterocycles. The average Bonchev–Trinajstić information content (AvgIpc) is 2.76. The highest BCUT2D eigenvalue weighted by molar-refractivity contribution is 8.00. The molecule has 0 spiro atoms. The number of nitriles is 1. The van der Waals surface area contributed by atoms with Gasteiger partial charge >= 0.3 is 11.9 Å². The standard InChI is InChI=1S/C25H28N2O5S/c1-7-31-23(29)17-11-9-16(10-12-17)21-18(13-26)22(33-14-19(28)25(4,5)6)27-15(3)20(21)24(30)32-8-2/h9-12H,7-8,14H2,1-6H3. The van der Waals surface area contributed by atoms with E-state index in [1.54, 1.807) is 45.0 Å². The average molecular weight is 469 g/mol. The van der Waals surface area contributed by atoms with Crippen molar-refractivity contribution in [1.29, 1.82) is 5.26 Å². The van der Waals surface area contributed by atoms with Crippen molar-refractivity contribution in [2.75, 3.05) is 19.0 Å². The molecule has 0 N–H and O–H groups in total. The molecule has 0 radical (unpaired) electrons. The molecule has 1 aromatic carbocycles. The van der Waals surface area contributed by atoms with Crippen LogP contribution in [0.5, 0.6) is 0 Å². The van der Waals surface area contributed by atoms with Crippen molar-refractivity contribution in [2.45, 2.75) is 46.6 Å². The first-order valence-electron chi connectivity index (χ1n) is 10.6. The van der Waals surface area contributed by atoms with Crippen LogP contribution in [-0.2, 0) is 14.3 Å². The molecule has 2 aromatic rings. The number of carbonyl (C=O) groups excluding carboxylic acids is 3. The Morgan fingerprint density at radius 3 is 2.12 bits per heavy atom. The van der Waals surface area contributed by atoms with Crippen LogP contribution in [0.15, 0.2) is 29.3 Å². The summed E-state index contributed by atoms with van der Waals surface area (Å²) in [6.45, 7) is 11.0. The van der Waals surface area contributed by atoms with Crippen molar-refractivity contribution in [3.63, 3.8) is 0 Å². The molecule has 0 saturated carbocycles. The number of nitrogens with zero attached hydrogens (tertiary/aromatic N) is 2. The zero-order valence-electron chi connectivity index (χ0n) is 19.8. The second-order valence-electron chi connectivity index (χ2n) is 8.22. The van der Waals surface area contributed by atoms with Crippen molar-refractivity contribution in [3.05, 3.63) is 46.6 Å². The Balaban J connectivity index is 2.65. The molecule has 7 nitrogen and oxygen atoms in total. The maximum absolute atomic E-state index is 12.8. The van der Waals surface area contributed by atoms with E-state index in [4.69, 9.17) is 9.47 Å². The molecule has 0 aliphatic rings. The zero-order chi connectivity index (χ0) is 24.8. The number of rotatable bonds is 8. The third-order valence-electron chi connectivity index (χ3n) is 4.80. The highest BCUT2D eigenvalue weighted by Crippen LogP contribution is 2.36. The van der Waals surface area contributed by atoms with E-state index < -0.39 is 17.4 Å². The van der Waals surface area contributed by atoms with Crippen LogP contribution in [-0.4, -0.2) is 41.7 Å². The number of Topliss-reactive ketones (excluding diaryl/α,β-unsaturated/α-hetero) is 1. The first kappa shape index (κ1) is 26.1. The lowest BCUT2D eigenvalue weighted by atomic mass is 9.92. The lowest BCUT2D eigenvalue weighted by Crippen LogP contribution is -2.22. The fourth-order valence-electron chi connectivity index (χ4n) is 2.96. The van der Waals surface area contributed by atoms with Gasteiger partial charge in [-0.25, -0.2) is 14.6 Å². The monoisotopic (exact) mass is 468 g/mol. The number of hydrogen-bond acceptors (Lipinski definition) is 8. The van der Waals surface area contributed by atoms with Crippen LogP contribution in [0.4, 0.5) is 0 Å². The largest absolute Gasteiger partial charge is 0.462 e. The van der Waals surface area contributed by atoms with Gasteiger partial charge in [-0.2, -0.15) is 5.26 Å². The zero-order valence-corrected chi connectivity index (χ0v) is 20.6. The lowest BCUT2D eigenvalue weighted by Gasteiger charge is -2.18. The van der Waals surface area contributed by atoms with Gasteiger partial charge in [0.15, 0.2) is 0 Å². The minimum atomic E-state index is -0.592. The van der Waals surface area contributed by atoms with E-state index in [2.05, 4.69) is 11.1 Å². The molecule has 33 heavy (non-hydrogen) atoms. The Labute approximate surface area is 198 Å². The number of hydrogen-bond donors (Lipinski definition) is 0. The highest BCUT2D eigenvalue weighted by Gasteiger charge is 2.27. The number of pyridine rings is 1. The predicted octanol–water partition coefficient (Wildman–Crippen LogP) is 4.99. The van der Waals surface area contributed by atoms with Crippen LogP contribution in [0.25, 0.3) is 11.1 Å². The topological polar surface area (TPSA) is 106 Å². The Hall–Kier alpha value is -3.18. The van der Waals surface area contributed by atoms with Gasteiger partial charge in [-0.1, -0.05) is 44.7 Å².